The molecule has 28 heavy (non-hydrogen) atoms. The minimum absolute atomic E-state index is 0.00342. The smallest absolute Gasteiger partial charge is 0.258 e. The number of hydrogen-bond donors (Lipinski definition) is 1. The predicted octanol–water partition coefficient (Wildman–Crippen LogP) is 2.98. The highest BCUT2D eigenvalue weighted by molar-refractivity contribution is 7.18. The number of aromatic nitrogens is 2. The van der Waals surface area contributed by atoms with Gasteiger partial charge in [-0.25, -0.2) is 9.97 Å². The van der Waals surface area contributed by atoms with Crippen molar-refractivity contribution in [3.63, 3.8) is 0 Å². The molecule has 4 heterocycles. The molecule has 1 atom stereocenters. The average molecular weight is 398 g/mol. The van der Waals surface area contributed by atoms with Crippen LogP contribution in [0.1, 0.15) is 54.2 Å². The first-order chi connectivity index (χ1) is 13.4. The maximum absolute atomic E-state index is 13.3. The van der Waals surface area contributed by atoms with Gasteiger partial charge in [-0.2, -0.15) is 0 Å². The van der Waals surface area contributed by atoms with Crippen LogP contribution in [0.25, 0.3) is 10.6 Å². The first kappa shape index (κ1) is 17.6. The van der Waals surface area contributed by atoms with Crippen LogP contribution in [-0.2, 0) is 11.3 Å². The molecule has 2 aromatic rings. The van der Waals surface area contributed by atoms with Crippen molar-refractivity contribution in [1.82, 2.24) is 14.9 Å². The molecule has 0 bridgehead atoms. The summed E-state index contributed by atoms with van der Waals surface area (Å²) in [6.45, 7) is 5.22. The number of nitrogen functional groups attached to an aromatic ring is 1. The normalized spacial score (nSPS) is 20.2. The van der Waals surface area contributed by atoms with Gasteiger partial charge in [0.05, 0.1) is 21.8 Å². The number of anilines is 2. The largest absolute Gasteiger partial charge is 0.375 e. The van der Waals surface area contributed by atoms with Crippen LogP contribution < -0.4 is 10.6 Å². The molecule has 1 saturated carbocycles. The summed E-state index contributed by atoms with van der Waals surface area (Å²) in [4.78, 5) is 39.4. The number of thiazole rings is 1. The molecule has 2 aromatic heterocycles. The third-order valence-electron chi connectivity index (χ3n) is 6.07. The van der Waals surface area contributed by atoms with E-state index in [-0.39, 0.29) is 17.9 Å². The second-order valence-corrected chi connectivity index (χ2v) is 9.02. The molecular formula is C20H23N5O2S. The molecule has 146 valence electrons. The summed E-state index contributed by atoms with van der Waals surface area (Å²) in [6, 6.07) is 2.20. The maximum atomic E-state index is 13.3. The number of aryl methyl sites for hydroxylation is 1. The molecule has 2 amide bonds. The van der Waals surface area contributed by atoms with E-state index >= 15 is 0 Å². The van der Waals surface area contributed by atoms with Gasteiger partial charge in [0.15, 0.2) is 5.13 Å². The van der Waals surface area contributed by atoms with Gasteiger partial charge < -0.3 is 10.6 Å². The molecule has 3 aliphatic rings. The fourth-order valence-corrected chi connectivity index (χ4v) is 5.13. The van der Waals surface area contributed by atoms with Crippen LogP contribution >= 0.6 is 11.3 Å². The van der Waals surface area contributed by atoms with E-state index in [1.54, 1.807) is 4.90 Å². The number of pyridine rings is 1. The van der Waals surface area contributed by atoms with Crippen molar-refractivity contribution in [2.24, 2.45) is 5.92 Å². The van der Waals surface area contributed by atoms with Crippen LogP contribution in [0.3, 0.4) is 0 Å². The van der Waals surface area contributed by atoms with Crippen molar-refractivity contribution < 1.29 is 9.59 Å². The van der Waals surface area contributed by atoms with Crippen LogP contribution in [0.2, 0.25) is 0 Å². The third kappa shape index (κ3) is 2.70. The Labute approximate surface area is 167 Å². The number of nitrogens with two attached hydrogens (primary N) is 1. The number of rotatable bonds is 4. The Bertz CT molecular complexity index is 997. The monoisotopic (exact) mass is 397 g/mol. The number of amides is 2. The lowest BCUT2D eigenvalue weighted by atomic mass is 10.1. The first-order valence-electron chi connectivity index (χ1n) is 9.82. The van der Waals surface area contributed by atoms with E-state index in [4.69, 9.17) is 10.7 Å². The Balaban J connectivity index is 1.64. The molecule has 2 N–H and O–H groups in total. The van der Waals surface area contributed by atoms with Crippen LogP contribution in [0, 0.1) is 12.8 Å². The highest BCUT2D eigenvalue weighted by Crippen LogP contribution is 2.42. The fourth-order valence-electron chi connectivity index (χ4n) is 4.34. The molecule has 8 heteroatoms. The predicted molar refractivity (Wildman–Crippen MR) is 108 cm³/mol. The van der Waals surface area contributed by atoms with Gasteiger partial charge in [0.25, 0.3) is 5.91 Å². The van der Waals surface area contributed by atoms with E-state index in [2.05, 4.69) is 11.9 Å². The zero-order chi connectivity index (χ0) is 19.6. The number of nitrogens with zero attached hydrogens (tertiary/aromatic N) is 4. The van der Waals surface area contributed by atoms with Crippen molar-refractivity contribution in [2.45, 2.75) is 52.1 Å². The lowest BCUT2D eigenvalue weighted by Gasteiger charge is -2.24. The molecule has 1 saturated heterocycles. The second-order valence-electron chi connectivity index (χ2n) is 7.99. The second kappa shape index (κ2) is 6.27. The topological polar surface area (TPSA) is 92.4 Å². The average Bonchev–Trinajstić information content (AvgIpc) is 3.22. The highest BCUT2D eigenvalue weighted by Gasteiger charge is 2.42. The van der Waals surface area contributed by atoms with E-state index in [0.29, 0.717) is 41.9 Å². The van der Waals surface area contributed by atoms with Crippen LogP contribution in [0.4, 0.5) is 10.9 Å². The standard InChI is InChI=1S/C20H23N5O2S/c1-10-17(28-20(21)22-10)14-8-13-9-25(11(2)12-5-6-12)19(27)16(13)18(23-14)24-7-3-4-15(24)26/h8,11-12H,3-7,9H2,1-2H3,(H2,21,22)/t11-/m0/s1. The molecule has 2 aliphatic heterocycles. The summed E-state index contributed by atoms with van der Waals surface area (Å²) in [5.41, 5.74) is 9.00. The van der Waals surface area contributed by atoms with Gasteiger partial charge in [-0.05, 0) is 50.7 Å². The highest BCUT2D eigenvalue weighted by atomic mass is 32.1. The summed E-state index contributed by atoms with van der Waals surface area (Å²) in [6.07, 6.45) is 3.66. The Morgan fingerprint density at radius 2 is 2.07 bits per heavy atom. The lowest BCUT2D eigenvalue weighted by molar-refractivity contribution is -0.117. The molecule has 0 unspecified atom stereocenters. The minimum Gasteiger partial charge on any atom is -0.375 e. The summed E-state index contributed by atoms with van der Waals surface area (Å²) < 4.78 is 0. The molecular weight excluding hydrogens is 374 g/mol. The van der Waals surface area contributed by atoms with Gasteiger partial charge in [-0.1, -0.05) is 11.3 Å². The summed E-state index contributed by atoms with van der Waals surface area (Å²) in [5, 5.41) is 0.494. The summed E-state index contributed by atoms with van der Waals surface area (Å²) in [7, 11) is 0. The Hall–Kier alpha value is -2.48. The lowest BCUT2D eigenvalue weighted by Crippen LogP contribution is -2.35. The quantitative estimate of drug-likeness (QED) is 0.856. The Morgan fingerprint density at radius 1 is 1.29 bits per heavy atom. The van der Waals surface area contributed by atoms with Gasteiger partial charge >= 0.3 is 0 Å². The molecule has 7 nitrogen and oxygen atoms in total. The van der Waals surface area contributed by atoms with E-state index in [9.17, 15) is 9.59 Å². The van der Waals surface area contributed by atoms with E-state index in [1.165, 1.54) is 24.2 Å². The molecule has 1 aliphatic carbocycles. The molecule has 2 fully saturated rings. The number of carbonyl (C=O) groups excluding carboxylic acids is 2. The third-order valence-corrected chi connectivity index (χ3v) is 7.08. The van der Waals surface area contributed by atoms with Crippen LogP contribution in [-0.4, -0.2) is 39.3 Å². The van der Waals surface area contributed by atoms with Crippen molar-refractivity contribution in [3.05, 3.63) is 22.9 Å². The van der Waals surface area contributed by atoms with Gasteiger partial charge in [0.1, 0.15) is 5.82 Å². The van der Waals surface area contributed by atoms with Crippen molar-refractivity contribution >= 4 is 34.1 Å². The number of hydrogen-bond acceptors (Lipinski definition) is 6. The van der Waals surface area contributed by atoms with Crippen molar-refractivity contribution in [3.8, 4) is 10.6 Å². The maximum Gasteiger partial charge on any atom is 0.258 e. The number of carbonyl (C=O) groups is 2. The van der Waals surface area contributed by atoms with Gasteiger partial charge in [-0.3, -0.25) is 14.5 Å². The van der Waals surface area contributed by atoms with E-state index in [1.807, 2.05) is 17.9 Å². The molecule has 5 rings (SSSR count). The summed E-state index contributed by atoms with van der Waals surface area (Å²) in [5.74, 6) is 1.14. The van der Waals surface area contributed by atoms with E-state index < -0.39 is 0 Å². The van der Waals surface area contributed by atoms with Gasteiger partial charge in [0.2, 0.25) is 5.91 Å². The fraction of sp³-hybridized carbons (Fsp3) is 0.500. The SMILES string of the molecule is Cc1nc(N)sc1-c1cc2c(c(N3CCCC3=O)n1)C(=O)N([C@@H](C)C1CC1)C2. The van der Waals surface area contributed by atoms with E-state index in [0.717, 1.165) is 28.2 Å². The number of fused-ring (bicyclic) bond motifs is 1. The minimum atomic E-state index is 0.00342. The zero-order valence-electron chi connectivity index (χ0n) is 16.1. The Morgan fingerprint density at radius 3 is 2.68 bits per heavy atom. The van der Waals surface area contributed by atoms with Crippen molar-refractivity contribution in [2.75, 3.05) is 17.2 Å². The van der Waals surface area contributed by atoms with Crippen LogP contribution in [0.5, 0.6) is 0 Å². The van der Waals surface area contributed by atoms with Gasteiger partial charge in [0, 0.05) is 25.6 Å². The van der Waals surface area contributed by atoms with Gasteiger partial charge in [-0.15, -0.1) is 0 Å². The summed E-state index contributed by atoms with van der Waals surface area (Å²) >= 11 is 1.39. The van der Waals surface area contributed by atoms with Crippen LogP contribution in [0.15, 0.2) is 6.07 Å². The Kier molecular flexibility index (Phi) is 3.94. The molecule has 0 spiro atoms. The zero-order valence-corrected chi connectivity index (χ0v) is 16.9. The molecule has 0 radical (unpaired) electrons. The van der Waals surface area contributed by atoms with Crippen molar-refractivity contribution in [1.29, 1.82) is 0 Å². The molecule has 0 aromatic carbocycles. The first-order valence-corrected chi connectivity index (χ1v) is 10.6.